The number of hydrogen-bond donors (Lipinski definition) is 1. The number of aliphatic carboxylic acids is 1. The molecule has 1 aromatic rings. The van der Waals surface area contributed by atoms with Gasteiger partial charge in [-0.1, -0.05) is 12.8 Å². The molecular weight excluding hydrogens is 244 g/mol. The van der Waals surface area contributed by atoms with Gasteiger partial charge in [0, 0.05) is 0 Å². The van der Waals surface area contributed by atoms with E-state index in [9.17, 15) is 9.90 Å². The van der Waals surface area contributed by atoms with Gasteiger partial charge in [-0.15, -0.1) is 0 Å². The zero-order chi connectivity index (χ0) is 13.9. The molecule has 0 spiro atoms. The van der Waals surface area contributed by atoms with Crippen LogP contribution in [-0.2, 0) is 11.2 Å². The summed E-state index contributed by atoms with van der Waals surface area (Å²) in [6, 6.07) is 5.53. The Bertz CT molecular complexity index is 461. The monoisotopic (exact) mass is 264 g/mol. The Morgan fingerprint density at radius 2 is 1.95 bits per heavy atom. The first-order valence-corrected chi connectivity index (χ1v) is 6.55. The minimum Gasteiger partial charge on any atom is -0.497 e. The molecule has 0 amide bonds. The van der Waals surface area contributed by atoms with E-state index in [2.05, 4.69) is 0 Å². The van der Waals surface area contributed by atoms with Crippen LogP contribution in [0, 0.1) is 5.41 Å². The molecule has 0 unspecified atom stereocenters. The second-order valence-electron chi connectivity index (χ2n) is 5.15. The lowest BCUT2D eigenvalue weighted by Crippen LogP contribution is -2.30. The molecule has 0 radical (unpaired) electrons. The number of carboxylic acids is 1. The topological polar surface area (TPSA) is 55.8 Å². The highest BCUT2D eigenvalue weighted by Gasteiger charge is 2.41. The molecule has 1 aliphatic rings. The highest BCUT2D eigenvalue weighted by molar-refractivity contribution is 5.75. The molecule has 4 heteroatoms. The Hall–Kier alpha value is -1.71. The summed E-state index contributed by atoms with van der Waals surface area (Å²) in [6.07, 6.45) is 3.95. The van der Waals surface area contributed by atoms with Crippen LogP contribution in [0.5, 0.6) is 11.5 Å². The second kappa shape index (κ2) is 5.51. The maximum atomic E-state index is 11.6. The maximum Gasteiger partial charge on any atom is 0.309 e. The summed E-state index contributed by atoms with van der Waals surface area (Å²) in [6.45, 7) is 0. The molecule has 0 aromatic heterocycles. The van der Waals surface area contributed by atoms with Crippen molar-refractivity contribution in [2.75, 3.05) is 14.2 Å². The van der Waals surface area contributed by atoms with Crippen molar-refractivity contribution in [3.63, 3.8) is 0 Å². The molecule has 0 bridgehead atoms. The molecule has 1 aromatic carbocycles. The van der Waals surface area contributed by atoms with Crippen molar-refractivity contribution in [2.45, 2.75) is 32.1 Å². The molecule has 104 valence electrons. The van der Waals surface area contributed by atoms with Crippen molar-refractivity contribution < 1.29 is 19.4 Å². The number of ether oxygens (including phenoxy) is 2. The Balaban J connectivity index is 2.32. The number of carbonyl (C=O) groups is 1. The molecule has 4 nitrogen and oxygen atoms in total. The zero-order valence-electron chi connectivity index (χ0n) is 11.4. The summed E-state index contributed by atoms with van der Waals surface area (Å²) in [4.78, 5) is 11.6. The highest BCUT2D eigenvalue weighted by atomic mass is 16.5. The van der Waals surface area contributed by atoms with E-state index in [1.807, 2.05) is 18.2 Å². The van der Waals surface area contributed by atoms with Gasteiger partial charge in [-0.25, -0.2) is 0 Å². The van der Waals surface area contributed by atoms with Crippen molar-refractivity contribution in [3.8, 4) is 11.5 Å². The quantitative estimate of drug-likeness (QED) is 0.888. The predicted octanol–water partition coefficient (Wildman–Crippen LogP) is 2.89. The first kappa shape index (κ1) is 13.7. The first-order chi connectivity index (χ1) is 9.11. The Kier molecular flexibility index (Phi) is 3.98. The lowest BCUT2D eigenvalue weighted by molar-refractivity contribution is -0.148. The van der Waals surface area contributed by atoms with Crippen LogP contribution < -0.4 is 9.47 Å². The summed E-state index contributed by atoms with van der Waals surface area (Å²) in [5.74, 6) is 0.762. The summed E-state index contributed by atoms with van der Waals surface area (Å²) in [5, 5.41) is 9.54. The molecule has 1 aliphatic carbocycles. The van der Waals surface area contributed by atoms with Gasteiger partial charge in [-0.3, -0.25) is 4.79 Å². The molecule has 1 N–H and O–H groups in total. The summed E-state index contributed by atoms with van der Waals surface area (Å²) < 4.78 is 10.5. The molecule has 1 saturated carbocycles. The lowest BCUT2D eigenvalue weighted by Gasteiger charge is -2.25. The summed E-state index contributed by atoms with van der Waals surface area (Å²) >= 11 is 0. The molecule has 19 heavy (non-hydrogen) atoms. The minimum atomic E-state index is -0.699. The van der Waals surface area contributed by atoms with E-state index in [1.165, 1.54) is 0 Å². The third kappa shape index (κ3) is 2.67. The van der Waals surface area contributed by atoms with Crippen LogP contribution in [0.25, 0.3) is 0 Å². The Morgan fingerprint density at radius 1 is 1.26 bits per heavy atom. The van der Waals surface area contributed by atoms with Gasteiger partial charge in [0.2, 0.25) is 0 Å². The molecule has 0 heterocycles. The number of rotatable bonds is 5. The van der Waals surface area contributed by atoms with Crippen LogP contribution in [0.1, 0.15) is 31.2 Å². The molecule has 0 atom stereocenters. The third-order valence-corrected chi connectivity index (χ3v) is 4.03. The smallest absolute Gasteiger partial charge is 0.309 e. The van der Waals surface area contributed by atoms with Crippen LogP contribution in [0.4, 0.5) is 0 Å². The van der Waals surface area contributed by atoms with Gasteiger partial charge in [-0.05, 0) is 43.0 Å². The van der Waals surface area contributed by atoms with Gasteiger partial charge in [0.15, 0.2) is 0 Å². The van der Waals surface area contributed by atoms with Crippen molar-refractivity contribution in [1.29, 1.82) is 0 Å². The fraction of sp³-hybridized carbons (Fsp3) is 0.533. The zero-order valence-corrected chi connectivity index (χ0v) is 11.4. The second-order valence-corrected chi connectivity index (χ2v) is 5.15. The van der Waals surface area contributed by atoms with E-state index >= 15 is 0 Å². The normalized spacial score (nSPS) is 17.2. The van der Waals surface area contributed by atoms with Gasteiger partial charge in [0.05, 0.1) is 19.6 Å². The van der Waals surface area contributed by atoms with Crippen LogP contribution >= 0.6 is 0 Å². The summed E-state index contributed by atoms with van der Waals surface area (Å²) in [5.41, 5.74) is 0.269. The molecule has 2 rings (SSSR count). The van der Waals surface area contributed by atoms with Gasteiger partial charge in [-0.2, -0.15) is 0 Å². The number of benzene rings is 1. The van der Waals surface area contributed by atoms with Crippen molar-refractivity contribution in [1.82, 2.24) is 0 Å². The van der Waals surface area contributed by atoms with Gasteiger partial charge in [0.1, 0.15) is 11.5 Å². The average Bonchev–Trinajstić information content (AvgIpc) is 2.88. The van der Waals surface area contributed by atoms with E-state index in [-0.39, 0.29) is 0 Å². The Labute approximate surface area is 113 Å². The summed E-state index contributed by atoms with van der Waals surface area (Å²) in [7, 11) is 3.21. The number of methoxy groups -OCH3 is 2. The van der Waals surface area contributed by atoms with Gasteiger partial charge in [0.25, 0.3) is 0 Å². The molecule has 0 saturated heterocycles. The van der Waals surface area contributed by atoms with E-state index in [0.717, 1.165) is 42.7 Å². The highest BCUT2D eigenvalue weighted by Crippen LogP contribution is 2.43. The van der Waals surface area contributed by atoms with Crippen molar-refractivity contribution in [3.05, 3.63) is 23.8 Å². The van der Waals surface area contributed by atoms with Crippen LogP contribution in [-0.4, -0.2) is 25.3 Å². The average molecular weight is 264 g/mol. The maximum absolute atomic E-state index is 11.6. The predicted molar refractivity (Wildman–Crippen MR) is 71.8 cm³/mol. The molecular formula is C15H20O4. The molecule has 0 aliphatic heterocycles. The van der Waals surface area contributed by atoms with Crippen molar-refractivity contribution in [2.24, 2.45) is 5.41 Å². The van der Waals surface area contributed by atoms with E-state index in [0.29, 0.717) is 6.42 Å². The largest absolute Gasteiger partial charge is 0.497 e. The van der Waals surface area contributed by atoms with Crippen LogP contribution in [0.2, 0.25) is 0 Å². The van der Waals surface area contributed by atoms with Crippen molar-refractivity contribution >= 4 is 5.97 Å². The Morgan fingerprint density at radius 3 is 2.47 bits per heavy atom. The minimum absolute atomic E-state index is 0.503. The fourth-order valence-corrected chi connectivity index (χ4v) is 2.90. The van der Waals surface area contributed by atoms with Gasteiger partial charge >= 0.3 is 5.97 Å². The number of carboxylic acid groups (broad SMARTS) is 1. The number of hydrogen-bond acceptors (Lipinski definition) is 3. The standard InChI is InChI=1S/C15H20O4/c1-18-12-5-6-13(19-2)11(9-12)10-15(14(16)17)7-3-4-8-15/h5-6,9H,3-4,7-8,10H2,1-2H3,(H,16,17). The molecule has 1 fully saturated rings. The first-order valence-electron chi connectivity index (χ1n) is 6.55. The third-order valence-electron chi connectivity index (χ3n) is 4.03. The van der Waals surface area contributed by atoms with Crippen LogP contribution in [0.15, 0.2) is 18.2 Å². The van der Waals surface area contributed by atoms with E-state index in [4.69, 9.17) is 9.47 Å². The van der Waals surface area contributed by atoms with Crippen LogP contribution in [0.3, 0.4) is 0 Å². The van der Waals surface area contributed by atoms with Gasteiger partial charge < -0.3 is 14.6 Å². The van der Waals surface area contributed by atoms with E-state index in [1.54, 1.807) is 14.2 Å². The SMILES string of the molecule is COc1ccc(OC)c(CC2(C(=O)O)CCCC2)c1. The lowest BCUT2D eigenvalue weighted by atomic mass is 9.80. The van der Waals surface area contributed by atoms with E-state index < -0.39 is 11.4 Å². The fourth-order valence-electron chi connectivity index (χ4n) is 2.90.